The Morgan fingerprint density at radius 1 is 1.07 bits per heavy atom. The lowest BCUT2D eigenvalue weighted by atomic mass is 10.1. The van der Waals surface area contributed by atoms with E-state index in [1.165, 1.54) is 5.56 Å². The van der Waals surface area contributed by atoms with Crippen molar-refractivity contribution < 1.29 is 19.0 Å². The molecule has 1 N–H and O–H groups in total. The van der Waals surface area contributed by atoms with Crippen LogP contribution in [0, 0.1) is 0 Å². The molecule has 27 heavy (non-hydrogen) atoms. The molecule has 1 amide bonds. The van der Waals surface area contributed by atoms with Crippen LogP contribution < -0.4 is 14.8 Å². The normalized spacial score (nSPS) is 14.6. The van der Waals surface area contributed by atoms with Gasteiger partial charge in [-0.2, -0.15) is 0 Å². The van der Waals surface area contributed by atoms with E-state index < -0.39 is 0 Å². The van der Waals surface area contributed by atoms with Gasteiger partial charge in [-0.15, -0.1) is 0 Å². The monoisotopic (exact) mass is 370 g/mol. The van der Waals surface area contributed by atoms with Crippen molar-refractivity contribution in [2.45, 2.75) is 13.1 Å². The molecule has 0 radical (unpaired) electrons. The number of nitrogens with zero attached hydrogens (tertiary/aromatic N) is 1. The molecule has 0 atom stereocenters. The minimum absolute atomic E-state index is 0.171. The molecule has 1 fully saturated rings. The van der Waals surface area contributed by atoms with Crippen molar-refractivity contribution in [3.63, 3.8) is 0 Å². The van der Waals surface area contributed by atoms with Gasteiger partial charge in [-0.05, 0) is 23.3 Å². The van der Waals surface area contributed by atoms with Crippen LogP contribution in [-0.2, 0) is 17.8 Å². The SMILES string of the molecule is COc1ccc(C(=O)NCc2ccccc2CN2CCOCC2)c(OC)c1. The van der Waals surface area contributed by atoms with Crippen LogP contribution in [0.15, 0.2) is 42.5 Å². The summed E-state index contributed by atoms with van der Waals surface area (Å²) in [6, 6.07) is 13.4. The third-order valence-electron chi connectivity index (χ3n) is 4.71. The highest BCUT2D eigenvalue weighted by Gasteiger charge is 2.15. The Morgan fingerprint density at radius 2 is 1.81 bits per heavy atom. The van der Waals surface area contributed by atoms with Gasteiger partial charge in [0, 0.05) is 32.2 Å². The first-order chi connectivity index (χ1) is 13.2. The van der Waals surface area contributed by atoms with Crippen LogP contribution in [0.2, 0.25) is 0 Å². The summed E-state index contributed by atoms with van der Waals surface area (Å²) in [5.74, 6) is 0.975. The summed E-state index contributed by atoms with van der Waals surface area (Å²) >= 11 is 0. The van der Waals surface area contributed by atoms with E-state index in [-0.39, 0.29) is 5.91 Å². The van der Waals surface area contributed by atoms with E-state index in [1.807, 2.05) is 12.1 Å². The summed E-state index contributed by atoms with van der Waals surface area (Å²) in [7, 11) is 3.13. The van der Waals surface area contributed by atoms with Crippen molar-refractivity contribution >= 4 is 5.91 Å². The van der Waals surface area contributed by atoms with E-state index in [0.717, 1.165) is 38.4 Å². The molecule has 3 rings (SSSR count). The van der Waals surface area contributed by atoms with Crippen LogP contribution in [0.5, 0.6) is 11.5 Å². The molecule has 0 bridgehead atoms. The standard InChI is InChI=1S/C21H26N2O4/c1-25-18-7-8-19(20(13-18)26-2)21(24)22-14-16-5-3-4-6-17(16)15-23-9-11-27-12-10-23/h3-8,13H,9-12,14-15H2,1-2H3,(H,22,24). The molecule has 1 heterocycles. The van der Waals surface area contributed by atoms with Gasteiger partial charge in [-0.25, -0.2) is 0 Å². The summed E-state index contributed by atoms with van der Waals surface area (Å²) in [4.78, 5) is 15.0. The minimum atomic E-state index is -0.171. The lowest BCUT2D eigenvalue weighted by Crippen LogP contribution is -2.36. The maximum absolute atomic E-state index is 12.6. The predicted octanol–water partition coefficient (Wildman–Crippen LogP) is 2.47. The number of morpholine rings is 1. The van der Waals surface area contributed by atoms with Crippen molar-refractivity contribution in [1.29, 1.82) is 0 Å². The van der Waals surface area contributed by atoms with Crippen LogP contribution >= 0.6 is 0 Å². The smallest absolute Gasteiger partial charge is 0.255 e. The van der Waals surface area contributed by atoms with Crippen LogP contribution in [0.1, 0.15) is 21.5 Å². The van der Waals surface area contributed by atoms with E-state index in [1.54, 1.807) is 32.4 Å². The molecule has 0 aromatic heterocycles. The highest BCUT2D eigenvalue weighted by Crippen LogP contribution is 2.24. The first kappa shape index (κ1) is 19.2. The summed E-state index contributed by atoms with van der Waals surface area (Å²) in [6.45, 7) is 4.75. The number of nitrogens with one attached hydrogen (secondary N) is 1. The highest BCUT2D eigenvalue weighted by molar-refractivity contribution is 5.97. The predicted molar refractivity (Wildman–Crippen MR) is 103 cm³/mol. The molecule has 0 aliphatic carbocycles. The zero-order chi connectivity index (χ0) is 19.1. The Bertz CT molecular complexity index is 773. The topological polar surface area (TPSA) is 60.0 Å². The van der Waals surface area contributed by atoms with Gasteiger partial charge in [0.2, 0.25) is 0 Å². The first-order valence-electron chi connectivity index (χ1n) is 9.08. The number of hydrogen-bond acceptors (Lipinski definition) is 5. The van der Waals surface area contributed by atoms with E-state index in [0.29, 0.717) is 23.6 Å². The third kappa shape index (κ3) is 4.99. The first-order valence-corrected chi connectivity index (χ1v) is 9.08. The van der Waals surface area contributed by atoms with Crippen LogP contribution in [0.3, 0.4) is 0 Å². The number of hydrogen-bond donors (Lipinski definition) is 1. The summed E-state index contributed by atoms with van der Waals surface area (Å²) in [5, 5.41) is 3.00. The van der Waals surface area contributed by atoms with Gasteiger partial charge in [0.25, 0.3) is 5.91 Å². The zero-order valence-electron chi connectivity index (χ0n) is 15.9. The Hall–Kier alpha value is -2.57. The van der Waals surface area contributed by atoms with Crippen LogP contribution in [-0.4, -0.2) is 51.3 Å². The number of rotatable bonds is 7. The number of carbonyl (C=O) groups excluding carboxylic acids is 1. The van der Waals surface area contributed by atoms with E-state index in [9.17, 15) is 4.79 Å². The molecule has 0 spiro atoms. The largest absolute Gasteiger partial charge is 0.497 e. The van der Waals surface area contributed by atoms with E-state index >= 15 is 0 Å². The number of benzene rings is 2. The summed E-state index contributed by atoms with van der Waals surface area (Å²) in [5.41, 5.74) is 2.83. The molecular formula is C21H26N2O4. The number of carbonyl (C=O) groups is 1. The molecule has 2 aromatic rings. The van der Waals surface area contributed by atoms with Gasteiger partial charge >= 0.3 is 0 Å². The molecule has 1 saturated heterocycles. The molecular weight excluding hydrogens is 344 g/mol. The van der Waals surface area contributed by atoms with Crippen LogP contribution in [0.25, 0.3) is 0 Å². The molecule has 6 nitrogen and oxygen atoms in total. The number of ether oxygens (including phenoxy) is 3. The Kier molecular flexibility index (Phi) is 6.68. The van der Waals surface area contributed by atoms with Crippen LogP contribution in [0.4, 0.5) is 0 Å². The molecule has 6 heteroatoms. The fourth-order valence-corrected chi connectivity index (χ4v) is 3.14. The molecule has 1 aliphatic rings. The second-order valence-electron chi connectivity index (χ2n) is 6.41. The lowest BCUT2D eigenvalue weighted by Gasteiger charge is -2.27. The molecule has 0 unspecified atom stereocenters. The highest BCUT2D eigenvalue weighted by atomic mass is 16.5. The Balaban J connectivity index is 1.67. The Labute approximate surface area is 160 Å². The number of amides is 1. The molecule has 1 aliphatic heterocycles. The second-order valence-corrected chi connectivity index (χ2v) is 6.41. The molecule has 0 saturated carbocycles. The fourth-order valence-electron chi connectivity index (χ4n) is 3.14. The maximum atomic E-state index is 12.6. The average molecular weight is 370 g/mol. The van der Waals surface area contributed by atoms with Gasteiger partial charge in [-0.3, -0.25) is 9.69 Å². The van der Waals surface area contributed by atoms with E-state index in [4.69, 9.17) is 14.2 Å². The van der Waals surface area contributed by atoms with Gasteiger partial charge in [0.15, 0.2) is 0 Å². The Morgan fingerprint density at radius 3 is 2.52 bits per heavy atom. The maximum Gasteiger partial charge on any atom is 0.255 e. The van der Waals surface area contributed by atoms with Crippen molar-refractivity contribution in [2.75, 3.05) is 40.5 Å². The van der Waals surface area contributed by atoms with Gasteiger partial charge in [0.05, 0.1) is 33.0 Å². The van der Waals surface area contributed by atoms with Crippen molar-refractivity contribution in [3.05, 3.63) is 59.2 Å². The second kappa shape index (κ2) is 9.39. The zero-order valence-corrected chi connectivity index (χ0v) is 15.9. The summed E-state index contributed by atoms with van der Waals surface area (Å²) < 4.78 is 15.9. The van der Waals surface area contributed by atoms with E-state index in [2.05, 4.69) is 22.3 Å². The van der Waals surface area contributed by atoms with Crippen molar-refractivity contribution in [3.8, 4) is 11.5 Å². The minimum Gasteiger partial charge on any atom is -0.497 e. The summed E-state index contributed by atoms with van der Waals surface area (Å²) in [6.07, 6.45) is 0. The quantitative estimate of drug-likeness (QED) is 0.811. The fraction of sp³-hybridized carbons (Fsp3) is 0.381. The van der Waals surface area contributed by atoms with Gasteiger partial charge in [-0.1, -0.05) is 24.3 Å². The third-order valence-corrected chi connectivity index (χ3v) is 4.71. The average Bonchev–Trinajstić information content (AvgIpc) is 2.73. The molecule has 144 valence electrons. The van der Waals surface area contributed by atoms with Crippen molar-refractivity contribution in [1.82, 2.24) is 10.2 Å². The lowest BCUT2D eigenvalue weighted by molar-refractivity contribution is 0.0340. The van der Waals surface area contributed by atoms with Gasteiger partial charge < -0.3 is 19.5 Å². The number of methoxy groups -OCH3 is 2. The van der Waals surface area contributed by atoms with Gasteiger partial charge in [0.1, 0.15) is 11.5 Å². The van der Waals surface area contributed by atoms with Crippen molar-refractivity contribution in [2.24, 2.45) is 0 Å². The molecule has 2 aromatic carbocycles.